The third-order valence-electron chi connectivity index (χ3n) is 3.60. The molecular formula is C16H28O. The highest BCUT2D eigenvalue weighted by Gasteiger charge is 2.33. The van der Waals surface area contributed by atoms with E-state index >= 15 is 0 Å². The standard InChI is InChI=1S/C16H28O/c1-4-7-9-12-16(13-10-8-5-2)14-11-15(6-3)17-16/h6,11,14-15H,3-5,7-10,12-13H2,1-2H3. The lowest BCUT2D eigenvalue weighted by Crippen LogP contribution is -2.29. The largest absolute Gasteiger partial charge is 0.360 e. The summed E-state index contributed by atoms with van der Waals surface area (Å²) in [6.45, 7) is 8.33. The summed E-state index contributed by atoms with van der Waals surface area (Å²) in [6.07, 6.45) is 16.6. The van der Waals surface area contributed by atoms with Gasteiger partial charge in [-0.15, -0.1) is 6.58 Å². The minimum Gasteiger partial charge on any atom is -0.360 e. The van der Waals surface area contributed by atoms with Gasteiger partial charge in [-0.1, -0.05) is 70.6 Å². The van der Waals surface area contributed by atoms with Crippen molar-refractivity contribution in [2.45, 2.75) is 76.9 Å². The first-order valence-electron chi connectivity index (χ1n) is 7.26. The Kier molecular flexibility index (Phi) is 6.57. The van der Waals surface area contributed by atoms with Gasteiger partial charge in [-0.05, 0) is 12.8 Å². The Morgan fingerprint density at radius 1 is 1.12 bits per heavy atom. The quantitative estimate of drug-likeness (QED) is 0.403. The van der Waals surface area contributed by atoms with Crippen molar-refractivity contribution in [1.29, 1.82) is 0 Å². The maximum absolute atomic E-state index is 6.16. The van der Waals surface area contributed by atoms with E-state index in [1.54, 1.807) is 0 Å². The molecule has 0 bridgehead atoms. The molecule has 0 aromatic rings. The molecule has 0 fully saturated rings. The molecular weight excluding hydrogens is 208 g/mol. The van der Waals surface area contributed by atoms with Crippen LogP contribution in [0.1, 0.15) is 65.2 Å². The number of hydrogen-bond acceptors (Lipinski definition) is 1. The molecule has 0 aromatic carbocycles. The van der Waals surface area contributed by atoms with Gasteiger partial charge in [-0.3, -0.25) is 0 Å². The van der Waals surface area contributed by atoms with E-state index in [4.69, 9.17) is 4.74 Å². The van der Waals surface area contributed by atoms with Gasteiger partial charge < -0.3 is 4.74 Å². The summed E-state index contributed by atoms with van der Waals surface area (Å²) in [5.74, 6) is 0. The Hall–Kier alpha value is -0.560. The lowest BCUT2D eigenvalue weighted by atomic mass is 9.90. The van der Waals surface area contributed by atoms with Gasteiger partial charge in [0.1, 0.15) is 0 Å². The van der Waals surface area contributed by atoms with E-state index in [9.17, 15) is 0 Å². The predicted octanol–water partition coefficient (Wildman–Crippen LogP) is 5.03. The fourth-order valence-electron chi connectivity index (χ4n) is 2.50. The normalized spacial score (nSPS) is 21.9. The molecule has 1 atom stereocenters. The maximum atomic E-state index is 6.16. The van der Waals surface area contributed by atoms with Gasteiger partial charge in [-0.25, -0.2) is 0 Å². The van der Waals surface area contributed by atoms with Crippen molar-refractivity contribution in [2.75, 3.05) is 0 Å². The Morgan fingerprint density at radius 2 is 1.71 bits per heavy atom. The molecule has 1 heterocycles. The first-order valence-corrected chi connectivity index (χ1v) is 7.26. The molecule has 1 heteroatoms. The van der Waals surface area contributed by atoms with E-state index in [2.05, 4.69) is 32.6 Å². The molecule has 0 aliphatic carbocycles. The summed E-state index contributed by atoms with van der Waals surface area (Å²) in [7, 11) is 0. The molecule has 0 saturated carbocycles. The maximum Gasteiger partial charge on any atom is 0.0947 e. The van der Waals surface area contributed by atoms with Crippen molar-refractivity contribution in [3.63, 3.8) is 0 Å². The number of unbranched alkanes of at least 4 members (excludes halogenated alkanes) is 4. The summed E-state index contributed by atoms with van der Waals surface area (Å²) in [6, 6.07) is 0. The summed E-state index contributed by atoms with van der Waals surface area (Å²) >= 11 is 0. The van der Waals surface area contributed by atoms with Crippen LogP contribution in [0.4, 0.5) is 0 Å². The summed E-state index contributed by atoms with van der Waals surface area (Å²) < 4.78 is 6.16. The molecule has 0 spiro atoms. The third kappa shape index (κ3) is 4.67. The summed E-state index contributed by atoms with van der Waals surface area (Å²) in [4.78, 5) is 0. The molecule has 1 aliphatic rings. The van der Waals surface area contributed by atoms with Crippen molar-refractivity contribution < 1.29 is 4.74 Å². The van der Waals surface area contributed by atoms with Crippen molar-refractivity contribution in [1.82, 2.24) is 0 Å². The number of rotatable bonds is 9. The molecule has 0 aromatic heterocycles. The Labute approximate surface area is 107 Å². The SMILES string of the molecule is C=CC1C=CC(CCCCC)(CCCCC)O1. The highest BCUT2D eigenvalue weighted by Crippen LogP contribution is 2.34. The zero-order valence-corrected chi connectivity index (χ0v) is 11.6. The lowest BCUT2D eigenvalue weighted by molar-refractivity contribution is -0.0195. The van der Waals surface area contributed by atoms with Crippen LogP contribution in [0.3, 0.4) is 0 Å². The van der Waals surface area contributed by atoms with Crippen LogP contribution < -0.4 is 0 Å². The minimum atomic E-state index is 0.0171. The van der Waals surface area contributed by atoms with Gasteiger partial charge in [0.25, 0.3) is 0 Å². The van der Waals surface area contributed by atoms with Gasteiger partial charge in [0.15, 0.2) is 0 Å². The highest BCUT2D eigenvalue weighted by molar-refractivity contribution is 5.15. The van der Waals surface area contributed by atoms with Gasteiger partial charge in [0.2, 0.25) is 0 Å². The van der Waals surface area contributed by atoms with Gasteiger partial charge in [0.05, 0.1) is 11.7 Å². The Bertz CT molecular complexity index is 232. The van der Waals surface area contributed by atoms with Gasteiger partial charge in [-0.2, -0.15) is 0 Å². The molecule has 1 aliphatic heterocycles. The predicted molar refractivity (Wildman–Crippen MR) is 75.2 cm³/mol. The van der Waals surface area contributed by atoms with E-state index < -0.39 is 0 Å². The summed E-state index contributed by atoms with van der Waals surface area (Å²) in [5.41, 5.74) is 0.0171. The molecule has 1 unspecified atom stereocenters. The second kappa shape index (κ2) is 7.71. The molecule has 98 valence electrons. The second-order valence-corrected chi connectivity index (χ2v) is 5.16. The fraction of sp³-hybridized carbons (Fsp3) is 0.750. The first-order chi connectivity index (χ1) is 8.26. The average molecular weight is 236 g/mol. The first kappa shape index (κ1) is 14.5. The van der Waals surface area contributed by atoms with Crippen molar-refractivity contribution in [3.05, 3.63) is 24.8 Å². The van der Waals surface area contributed by atoms with E-state index in [0.29, 0.717) is 0 Å². The van der Waals surface area contributed by atoms with E-state index in [0.717, 1.165) is 0 Å². The third-order valence-corrected chi connectivity index (χ3v) is 3.60. The molecule has 0 N–H and O–H groups in total. The second-order valence-electron chi connectivity index (χ2n) is 5.16. The van der Waals surface area contributed by atoms with Crippen LogP contribution in [-0.4, -0.2) is 11.7 Å². The van der Waals surface area contributed by atoms with Crippen LogP contribution in [0.15, 0.2) is 24.8 Å². The molecule has 17 heavy (non-hydrogen) atoms. The minimum absolute atomic E-state index is 0.0171. The lowest BCUT2D eigenvalue weighted by Gasteiger charge is -2.29. The van der Waals surface area contributed by atoms with Crippen LogP contribution in [0.25, 0.3) is 0 Å². The smallest absolute Gasteiger partial charge is 0.0947 e. The zero-order chi connectivity index (χ0) is 12.6. The van der Waals surface area contributed by atoms with Crippen LogP contribution in [0.5, 0.6) is 0 Å². The molecule has 0 radical (unpaired) electrons. The van der Waals surface area contributed by atoms with Gasteiger partial charge >= 0.3 is 0 Å². The molecule has 0 saturated heterocycles. The highest BCUT2D eigenvalue weighted by atomic mass is 16.5. The molecule has 1 nitrogen and oxygen atoms in total. The van der Waals surface area contributed by atoms with E-state index in [1.807, 2.05) is 6.08 Å². The van der Waals surface area contributed by atoms with Crippen LogP contribution in [0.2, 0.25) is 0 Å². The van der Waals surface area contributed by atoms with Crippen molar-refractivity contribution in [2.24, 2.45) is 0 Å². The van der Waals surface area contributed by atoms with E-state index in [-0.39, 0.29) is 11.7 Å². The van der Waals surface area contributed by atoms with Crippen LogP contribution >= 0.6 is 0 Å². The fourth-order valence-corrected chi connectivity index (χ4v) is 2.50. The summed E-state index contributed by atoms with van der Waals surface area (Å²) in [5, 5.41) is 0. The molecule has 0 amide bonds. The van der Waals surface area contributed by atoms with Crippen molar-refractivity contribution >= 4 is 0 Å². The number of ether oxygens (including phenoxy) is 1. The number of hydrogen-bond donors (Lipinski definition) is 0. The van der Waals surface area contributed by atoms with Crippen LogP contribution in [-0.2, 0) is 4.74 Å². The van der Waals surface area contributed by atoms with Crippen LogP contribution in [0, 0.1) is 0 Å². The molecule has 1 rings (SSSR count). The average Bonchev–Trinajstić information content (AvgIpc) is 2.74. The zero-order valence-electron chi connectivity index (χ0n) is 11.6. The Balaban J connectivity index is 2.46. The Morgan fingerprint density at radius 3 is 2.12 bits per heavy atom. The topological polar surface area (TPSA) is 9.23 Å². The van der Waals surface area contributed by atoms with E-state index in [1.165, 1.54) is 51.4 Å². The van der Waals surface area contributed by atoms with Gasteiger partial charge in [0, 0.05) is 0 Å². The van der Waals surface area contributed by atoms with Crippen molar-refractivity contribution in [3.8, 4) is 0 Å². The monoisotopic (exact) mass is 236 g/mol.